The Balaban J connectivity index is 1.57. The number of halogens is 4. The highest BCUT2D eigenvalue weighted by atomic mass is 35.5. The summed E-state index contributed by atoms with van der Waals surface area (Å²) in [5.74, 6) is 6.65. The lowest BCUT2D eigenvalue weighted by molar-refractivity contribution is -0.137. The van der Waals surface area contributed by atoms with Crippen molar-refractivity contribution >= 4 is 34.9 Å². The minimum atomic E-state index is -4.69. The number of amidine groups is 2. The minimum absolute atomic E-state index is 0.183. The summed E-state index contributed by atoms with van der Waals surface area (Å²) in [4.78, 5) is 26.1. The number of aliphatic imine (C=N–C) groups is 2. The fraction of sp³-hybridized carbons (Fsp3) is 0.367. The van der Waals surface area contributed by atoms with Crippen LogP contribution >= 0.6 is 11.6 Å². The summed E-state index contributed by atoms with van der Waals surface area (Å²) in [5, 5.41) is 2.13. The van der Waals surface area contributed by atoms with Crippen molar-refractivity contribution in [3.63, 3.8) is 0 Å². The first kappa shape index (κ1) is 30.9. The number of carbonyl (C=O) groups is 1. The number of allylic oxidation sites excluding steroid dienone is 1. The standard InChI is InChI=1S/C30H33ClF3N7O/c1-18-4-7-22(39-29(42)21-5-8-24(31)23(15-21)30(32,33)34)14-20(18)6-9-25(35)26-27(36)38-17-41(3)28(26)37-16-19-10-12-40(2)13-11-19/h4-5,7-8,14-15,19H,10-13,16-17,35H2,1-3H3,(H2,36,38)(H,39,42)/b26-25-,37-28?. The van der Waals surface area contributed by atoms with E-state index in [2.05, 4.69) is 34.1 Å². The van der Waals surface area contributed by atoms with Crippen LogP contribution in [0.4, 0.5) is 18.9 Å². The fourth-order valence-electron chi connectivity index (χ4n) is 4.67. The van der Waals surface area contributed by atoms with Crippen molar-refractivity contribution in [2.75, 3.05) is 45.7 Å². The number of benzene rings is 2. The van der Waals surface area contributed by atoms with Crippen molar-refractivity contribution in [2.24, 2.45) is 27.4 Å². The van der Waals surface area contributed by atoms with E-state index in [-0.39, 0.29) is 17.1 Å². The highest BCUT2D eigenvalue weighted by Crippen LogP contribution is 2.35. The predicted octanol–water partition coefficient (Wildman–Crippen LogP) is 4.48. The van der Waals surface area contributed by atoms with E-state index in [1.807, 2.05) is 18.9 Å². The molecule has 8 nitrogen and oxygen atoms in total. The van der Waals surface area contributed by atoms with E-state index in [1.54, 1.807) is 18.2 Å². The normalized spacial score (nSPS) is 18.8. The first-order chi connectivity index (χ1) is 19.8. The molecular weight excluding hydrogens is 567 g/mol. The molecule has 222 valence electrons. The zero-order valence-electron chi connectivity index (χ0n) is 23.6. The maximum absolute atomic E-state index is 13.2. The molecule has 0 unspecified atom stereocenters. The van der Waals surface area contributed by atoms with Gasteiger partial charge < -0.3 is 26.6 Å². The molecule has 0 atom stereocenters. The molecule has 0 saturated carbocycles. The van der Waals surface area contributed by atoms with E-state index in [1.165, 1.54) is 6.07 Å². The molecule has 2 aliphatic rings. The van der Waals surface area contributed by atoms with Crippen molar-refractivity contribution in [1.82, 2.24) is 9.80 Å². The number of nitrogens with zero attached hydrogens (tertiary/aromatic N) is 4. The van der Waals surface area contributed by atoms with Crippen LogP contribution in [-0.2, 0) is 6.18 Å². The van der Waals surface area contributed by atoms with Gasteiger partial charge in [-0.1, -0.05) is 23.6 Å². The van der Waals surface area contributed by atoms with Gasteiger partial charge in [0.2, 0.25) is 0 Å². The Hall–Kier alpha value is -4.01. The van der Waals surface area contributed by atoms with Gasteiger partial charge in [0.1, 0.15) is 18.3 Å². The van der Waals surface area contributed by atoms with Crippen molar-refractivity contribution in [3.05, 3.63) is 74.9 Å². The van der Waals surface area contributed by atoms with Crippen molar-refractivity contribution < 1.29 is 18.0 Å². The highest BCUT2D eigenvalue weighted by molar-refractivity contribution is 6.31. The van der Waals surface area contributed by atoms with E-state index < -0.39 is 22.7 Å². The Kier molecular flexibility index (Phi) is 9.49. The van der Waals surface area contributed by atoms with Gasteiger partial charge in [-0.3, -0.25) is 9.79 Å². The summed E-state index contributed by atoms with van der Waals surface area (Å²) in [5.41, 5.74) is 13.8. The molecule has 0 bridgehead atoms. The molecule has 1 amide bonds. The van der Waals surface area contributed by atoms with Gasteiger partial charge in [-0.2, -0.15) is 13.2 Å². The minimum Gasteiger partial charge on any atom is -0.391 e. The maximum Gasteiger partial charge on any atom is 0.417 e. The number of piperidine rings is 1. The number of alkyl halides is 3. The van der Waals surface area contributed by atoms with Crippen LogP contribution in [0.25, 0.3) is 0 Å². The molecule has 2 heterocycles. The van der Waals surface area contributed by atoms with E-state index in [4.69, 9.17) is 28.1 Å². The third kappa shape index (κ3) is 7.43. The second-order valence-corrected chi connectivity index (χ2v) is 10.9. The van der Waals surface area contributed by atoms with E-state index in [0.717, 1.165) is 43.6 Å². The SMILES string of the molecule is Cc1ccc(NC(=O)c2ccc(Cl)c(C(F)(F)F)c2)cc1C#C/C(N)=C1\C(N)=NCN(C)C1=NCC1CCN(C)CC1. The zero-order chi connectivity index (χ0) is 30.6. The molecule has 1 saturated heterocycles. The van der Waals surface area contributed by atoms with Gasteiger partial charge in [0, 0.05) is 30.4 Å². The number of carbonyl (C=O) groups excluding carboxylic acids is 1. The molecule has 12 heteroatoms. The molecule has 0 spiro atoms. The Bertz CT molecular complexity index is 1510. The topological polar surface area (TPSA) is 112 Å². The van der Waals surface area contributed by atoms with Crippen LogP contribution < -0.4 is 16.8 Å². The highest BCUT2D eigenvalue weighted by Gasteiger charge is 2.34. The number of amides is 1. The first-order valence-electron chi connectivity index (χ1n) is 13.4. The Morgan fingerprint density at radius 2 is 1.90 bits per heavy atom. The summed E-state index contributed by atoms with van der Waals surface area (Å²) < 4.78 is 39.7. The zero-order valence-corrected chi connectivity index (χ0v) is 24.4. The van der Waals surface area contributed by atoms with Crippen LogP contribution in [-0.4, -0.2) is 67.8 Å². The summed E-state index contributed by atoms with van der Waals surface area (Å²) in [6.07, 6.45) is -2.54. The van der Waals surface area contributed by atoms with Gasteiger partial charge in [0.25, 0.3) is 5.91 Å². The van der Waals surface area contributed by atoms with E-state index >= 15 is 0 Å². The second kappa shape index (κ2) is 12.9. The number of anilines is 1. The van der Waals surface area contributed by atoms with Crippen LogP contribution in [0.1, 0.15) is 39.9 Å². The van der Waals surface area contributed by atoms with Gasteiger partial charge >= 0.3 is 6.18 Å². The van der Waals surface area contributed by atoms with Crippen molar-refractivity contribution in [2.45, 2.75) is 25.9 Å². The third-order valence-corrected chi connectivity index (χ3v) is 7.59. The molecule has 0 aromatic heterocycles. The van der Waals surface area contributed by atoms with Crippen LogP contribution in [0.5, 0.6) is 0 Å². The number of nitrogens with one attached hydrogen (secondary N) is 1. The number of likely N-dealkylation sites (N-methyl/N-ethyl adjacent to an activating group) is 1. The van der Waals surface area contributed by atoms with Gasteiger partial charge in [0.05, 0.1) is 21.9 Å². The lowest BCUT2D eigenvalue weighted by Crippen LogP contribution is -2.41. The number of aryl methyl sites for hydroxylation is 1. The lowest BCUT2D eigenvalue weighted by atomic mass is 9.97. The van der Waals surface area contributed by atoms with Crippen molar-refractivity contribution in [3.8, 4) is 11.8 Å². The molecule has 0 aliphatic carbocycles. The monoisotopic (exact) mass is 599 g/mol. The molecule has 42 heavy (non-hydrogen) atoms. The number of hydrogen-bond donors (Lipinski definition) is 3. The predicted molar refractivity (Wildman–Crippen MR) is 160 cm³/mol. The summed E-state index contributed by atoms with van der Waals surface area (Å²) in [6, 6.07) is 8.00. The largest absolute Gasteiger partial charge is 0.417 e. The molecule has 5 N–H and O–H groups in total. The van der Waals surface area contributed by atoms with Gasteiger partial charge in [-0.15, -0.1) is 0 Å². The Labute approximate surface area is 248 Å². The molecular formula is C30H33ClF3N7O. The molecule has 4 rings (SSSR count). The number of rotatable bonds is 4. The third-order valence-electron chi connectivity index (χ3n) is 7.26. The number of nitrogens with two attached hydrogens (primary N) is 2. The Morgan fingerprint density at radius 1 is 1.19 bits per heavy atom. The smallest absolute Gasteiger partial charge is 0.391 e. The van der Waals surface area contributed by atoms with E-state index in [9.17, 15) is 18.0 Å². The fourth-order valence-corrected chi connectivity index (χ4v) is 4.90. The van der Waals surface area contributed by atoms with Crippen LogP contribution in [0.3, 0.4) is 0 Å². The van der Waals surface area contributed by atoms with Crippen molar-refractivity contribution in [1.29, 1.82) is 0 Å². The molecule has 0 radical (unpaired) electrons. The van der Waals surface area contributed by atoms with Crippen LogP contribution in [0, 0.1) is 24.7 Å². The van der Waals surface area contributed by atoms with Gasteiger partial charge in [-0.25, -0.2) is 4.99 Å². The summed E-state index contributed by atoms with van der Waals surface area (Å²) in [6.45, 7) is 4.94. The van der Waals surface area contributed by atoms with Crippen LogP contribution in [0.2, 0.25) is 5.02 Å². The summed E-state index contributed by atoms with van der Waals surface area (Å²) in [7, 11) is 3.99. The second-order valence-electron chi connectivity index (χ2n) is 10.5. The van der Waals surface area contributed by atoms with Gasteiger partial charge in [0.15, 0.2) is 0 Å². The lowest BCUT2D eigenvalue weighted by Gasteiger charge is -2.30. The molecule has 2 aromatic rings. The Morgan fingerprint density at radius 3 is 2.60 bits per heavy atom. The van der Waals surface area contributed by atoms with Crippen LogP contribution in [0.15, 0.2) is 57.7 Å². The summed E-state index contributed by atoms with van der Waals surface area (Å²) >= 11 is 5.68. The number of hydrogen-bond acceptors (Lipinski definition) is 6. The molecule has 2 aliphatic heterocycles. The number of likely N-dealkylation sites (tertiary alicyclic amines) is 1. The van der Waals surface area contributed by atoms with E-state index in [0.29, 0.717) is 41.8 Å². The molecule has 2 aromatic carbocycles. The quantitative estimate of drug-likeness (QED) is 0.449. The first-order valence-corrected chi connectivity index (χ1v) is 13.8. The van der Waals surface area contributed by atoms with Gasteiger partial charge in [-0.05, 0) is 87.6 Å². The average Bonchev–Trinajstić information content (AvgIpc) is 2.94. The molecule has 1 fully saturated rings. The average molecular weight is 600 g/mol. The maximum atomic E-state index is 13.2.